The Bertz CT molecular complexity index is 661. The van der Waals surface area contributed by atoms with Crippen LogP contribution < -0.4 is 10.1 Å². The molecular weight excluding hydrogens is 296 g/mol. The van der Waals surface area contributed by atoms with Crippen molar-refractivity contribution in [3.8, 4) is 11.8 Å². The maximum Gasteiger partial charge on any atom is 0.342 e. The lowest BCUT2D eigenvalue weighted by Crippen LogP contribution is -2.48. The fourth-order valence-corrected chi connectivity index (χ4v) is 2.40. The number of nitrogens with one attached hydrogen (secondary N) is 1. The molecule has 122 valence electrons. The molecule has 1 amide bonds. The minimum absolute atomic E-state index is 0.170. The number of ether oxygens (including phenoxy) is 2. The number of methoxy groups -OCH3 is 1. The Morgan fingerprint density at radius 2 is 2.13 bits per heavy atom. The maximum atomic E-state index is 12.1. The molecule has 0 spiro atoms. The first-order valence-electron chi connectivity index (χ1n) is 7.43. The molecule has 1 aliphatic rings. The molecule has 1 aromatic carbocycles. The van der Waals surface area contributed by atoms with Crippen LogP contribution in [-0.4, -0.2) is 31.1 Å². The number of aryl methyl sites for hydroxylation is 1. The van der Waals surface area contributed by atoms with Crippen molar-refractivity contribution in [3.05, 3.63) is 29.3 Å². The Hall–Kier alpha value is -2.55. The van der Waals surface area contributed by atoms with Crippen LogP contribution in [0.25, 0.3) is 0 Å². The SMILES string of the molecule is COc1ccc(C)cc1C(=O)OCC(=O)N[C@@](C)(C#N)C1CC1. The van der Waals surface area contributed by atoms with Gasteiger partial charge in [0.2, 0.25) is 0 Å². The number of amides is 1. The van der Waals surface area contributed by atoms with E-state index in [2.05, 4.69) is 11.4 Å². The average Bonchev–Trinajstić information content (AvgIpc) is 3.37. The summed E-state index contributed by atoms with van der Waals surface area (Å²) in [6.07, 6.45) is 1.84. The second kappa shape index (κ2) is 6.69. The van der Waals surface area contributed by atoms with Gasteiger partial charge < -0.3 is 14.8 Å². The number of esters is 1. The maximum absolute atomic E-state index is 12.1. The number of hydrogen-bond acceptors (Lipinski definition) is 5. The molecule has 6 nitrogen and oxygen atoms in total. The van der Waals surface area contributed by atoms with E-state index in [4.69, 9.17) is 9.47 Å². The van der Waals surface area contributed by atoms with Crippen molar-refractivity contribution < 1.29 is 19.1 Å². The summed E-state index contributed by atoms with van der Waals surface area (Å²) in [4.78, 5) is 24.1. The van der Waals surface area contributed by atoms with E-state index < -0.39 is 24.0 Å². The molecule has 1 fully saturated rings. The van der Waals surface area contributed by atoms with Crippen LogP contribution in [0.3, 0.4) is 0 Å². The van der Waals surface area contributed by atoms with Gasteiger partial charge in [-0.3, -0.25) is 4.79 Å². The van der Waals surface area contributed by atoms with Crippen molar-refractivity contribution in [2.24, 2.45) is 5.92 Å². The van der Waals surface area contributed by atoms with E-state index in [0.717, 1.165) is 18.4 Å². The summed E-state index contributed by atoms with van der Waals surface area (Å²) < 4.78 is 10.2. The zero-order chi connectivity index (χ0) is 17.0. The fraction of sp³-hybridized carbons (Fsp3) is 0.471. The first-order valence-corrected chi connectivity index (χ1v) is 7.43. The lowest BCUT2D eigenvalue weighted by molar-refractivity contribution is -0.125. The van der Waals surface area contributed by atoms with Gasteiger partial charge in [-0.25, -0.2) is 4.79 Å². The van der Waals surface area contributed by atoms with Gasteiger partial charge in [-0.15, -0.1) is 0 Å². The van der Waals surface area contributed by atoms with Crippen LogP contribution >= 0.6 is 0 Å². The highest BCUT2D eigenvalue weighted by atomic mass is 16.5. The molecule has 1 aliphatic carbocycles. The minimum atomic E-state index is -0.898. The summed E-state index contributed by atoms with van der Waals surface area (Å²) in [5.41, 5.74) is 0.253. The van der Waals surface area contributed by atoms with Crippen LogP contribution in [0.5, 0.6) is 5.75 Å². The smallest absolute Gasteiger partial charge is 0.342 e. The molecule has 1 aromatic rings. The molecule has 1 N–H and O–H groups in total. The van der Waals surface area contributed by atoms with E-state index in [0.29, 0.717) is 5.75 Å². The highest BCUT2D eigenvalue weighted by Gasteiger charge is 2.43. The molecule has 1 atom stereocenters. The predicted octanol–water partition coefficient (Wildman–Crippen LogP) is 1.97. The van der Waals surface area contributed by atoms with E-state index in [1.54, 1.807) is 19.1 Å². The molecule has 6 heteroatoms. The first-order chi connectivity index (χ1) is 10.9. The monoisotopic (exact) mass is 316 g/mol. The van der Waals surface area contributed by atoms with Crippen LogP contribution in [-0.2, 0) is 9.53 Å². The van der Waals surface area contributed by atoms with E-state index in [1.807, 2.05) is 13.0 Å². The Morgan fingerprint density at radius 3 is 2.70 bits per heavy atom. The Kier molecular flexibility index (Phi) is 4.89. The number of carbonyl (C=O) groups excluding carboxylic acids is 2. The number of benzene rings is 1. The lowest BCUT2D eigenvalue weighted by atomic mass is 9.98. The van der Waals surface area contributed by atoms with E-state index in [-0.39, 0.29) is 11.5 Å². The fourth-order valence-electron chi connectivity index (χ4n) is 2.40. The van der Waals surface area contributed by atoms with Gasteiger partial charge in [0, 0.05) is 0 Å². The molecule has 1 saturated carbocycles. The van der Waals surface area contributed by atoms with Crippen molar-refractivity contribution in [3.63, 3.8) is 0 Å². The van der Waals surface area contributed by atoms with Gasteiger partial charge in [0.15, 0.2) is 6.61 Å². The molecule has 0 saturated heterocycles. The second-order valence-electron chi connectivity index (χ2n) is 5.92. The standard InChI is InChI=1S/C17H20N2O4/c1-11-4-7-14(22-3)13(8-11)16(21)23-9-15(20)19-17(2,10-18)12-5-6-12/h4,7-8,12H,5-6,9H2,1-3H3,(H,19,20)/t17-/m0/s1. The van der Waals surface area contributed by atoms with Crippen molar-refractivity contribution in [1.29, 1.82) is 5.26 Å². The van der Waals surface area contributed by atoms with Crippen LogP contribution in [0.4, 0.5) is 0 Å². The lowest BCUT2D eigenvalue weighted by Gasteiger charge is -2.22. The van der Waals surface area contributed by atoms with Gasteiger partial charge in [0.05, 0.1) is 13.2 Å². The third-order valence-electron chi connectivity index (χ3n) is 3.93. The Morgan fingerprint density at radius 1 is 1.43 bits per heavy atom. The van der Waals surface area contributed by atoms with Gasteiger partial charge in [0.25, 0.3) is 5.91 Å². The summed E-state index contributed by atoms with van der Waals surface area (Å²) in [5.74, 6) is -0.559. The quantitative estimate of drug-likeness (QED) is 0.811. The zero-order valence-corrected chi connectivity index (χ0v) is 13.5. The Labute approximate surface area is 135 Å². The van der Waals surface area contributed by atoms with E-state index in [9.17, 15) is 14.9 Å². The molecule has 0 aromatic heterocycles. The average molecular weight is 316 g/mol. The molecule has 0 aliphatic heterocycles. The highest BCUT2D eigenvalue weighted by Crippen LogP contribution is 2.39. The largest absolute Gasteiger partial charge is 0.496 e. The van der Waals surface area contributed by atoms with Crippen molar-refractivity contribution in [2.45, 2.75) is 32.2 Å². The van der Waals surface area contributed by atoms with Gasteiger partial charge in [-0.1, -0.05) is 11.6 Å². The van der Waals surface area contributed by atoms with Gasteiger partial charge in [0.1, 0.15) is 16.9 Å². The first kappa shape index (κ1) is 16.8. The third kappa shape index (κ3) is 4.01. The van der Waals surface area contributed by atoms with Crippen LogP contribution in [0.2, 0.25) is 0 Å². The van der Waals surface area contributed by atoms with Crippen molar-refractivity contribution in [1.82, 2.24) is 5.32 Å². The third-order valence-corrected chi connectivity index (χ3v) is 3.93. The van der Waals surface area contributed by atoms with Gasteiger partial charge in [-0.05, 0) is 44.7 Å². The van der Waals surface area contributed by atoms with Crippen molar-refractivity contribution in [2.75, 3.05) is 13.7 Å². The van der Waals surface area contributed by atoms with Crippen LogP contribution in [0, 0.1) is 24.2 Å². The van der Waals surface area contributed by atoms with E-state index in [1.165, 1.54) is 7.11 Å². The van der Waals surface area contributed by atoms with Gasteiger partial charge in [-0.2, -0.15) is 5.26 Å². The number of nitriles is 1. The normalized spacial score (nSPS) is 15.9. The summed E-state index contributed by atoms with van der Waals surface area (Å²) in [5, 5.41) is 11.9. The molecule has 0 heterocycles. The number of rotatable bonds is 6. The number of carbonyl (C=O) groups is 2. The Balaban J connectivity index is 1.95. The second-order valence-corrected chi connectivity index (χ2v) is 5.92. The topological polar surface area (TPSA) is 88.4 Å². The van der Waals surface area contributed by atoms with Crippen LogP contribution in [0.1, 0.15) is 35.7 Å². The summed E-state index contributed by atoms with van der Waals surface area (Å²) in [7, 11) is 1.46. The van der Waals surface area contributed by atoms with Crippen LogP contribution in [0.15, 0.2) is 18.2 Å². The minimum Gasteiger partial charge on any atom is -0.496 e. The number of hydrogen-bond donors (Lipinski definition) is 1. The molecule has 0 radical (unpaired) electrons. The summed E-state index contributed by atoms with van der Waals surface area (Å²) >= 11 is 0. The highest BCUT2D eigenvalue weighted by molar-refractivity contribution is 5.94. The summed E-state index contributed by atoms with van der Waals surface area (Å²) in [6, 6.07) is 7.25. The molecule has 23 heavy (non-hydrogen) atoms. The predicted molar refractivity (Wildman–Crippen MR) is 82.9 cm³/mol. The molecule has 2 rings (SSSR count). The molecule has 0 bridgehead atoms. The number of nitrogens with zero attached hydrogens (tertiary/aromatic N) is 1. The summed E-state index contributed by atoms with van der Waals surface area (Å²) in [6.45, 7) is 3.10. The molecular formula is C17H20N2O4. The van der Waals surface area contributed by atoms with E-state index >= 15 is 0 Å². The van der Waals surface area contributed by atoms with Gasteiger partial charge >= 0.3 is 5.97 Å². The van der Waals surface area contributed by atoms with Crippen molar-refractivity contribution >= 4 is 11.9 Å². The zero-order valence-electron chi connectivity index (χ0n) is 13.5. The molecule has 0 unspecified atom stereocenters.